The average Bonchev–Trinajstić information content (AvgIpc) is 2.32. The van der Waals surface area contributed by atoms with E-state index in [2.05, 4.69) is 5.32 Å². The molecule has 1 aromatic rings. The van der Waals surface area contributed by atoms with Crippen LogP contribution in [0.2, 0.25) is 5.02 Å². The summed E-state index contributed by atoms with van der Waals surface area (Å²) >= 11 is 11.3. The van der Waals surface area contributed by atoms with Crippen LogP contribution >= 0.6 is 23.2 Å². The normalized spacial score (nSPS) is 10.1. The lowest BCUT2D eigenvalue weighted by molar-refractivity contribution is -0.384. The van der Waals surface area contributed by atoms with E-state index in [1.165, 1.54) is 18.2 Å². The molecule has 0 aliphatic heterocycles. The van der Waals surface area contributed by atoms with Crippen molar-refractivity contribution in [2.45, 2.75) is 19.3 Å². The van der Waals surface area contributed by atoms with Crippen molar-refractivity contribution < 1.29 is 9.72 Å². The Labute approximate surface area is 114 Å². The highest BCUT2D eigenvalue weighted by Gasteiger charge is 2.11. The second-order valence-corrected chi connectivity index (χ2v) is 4.40. The van der Waals surface area contributed by atoms with E-state index in [4.69, 9.17) is 23.2 Å². The zero-order valence-electron chi connectivity index (χ0n) is 9.49. The van der Waals surface area contributed by atoms with Gasteiger partial charge in [-0.2, -0.15) is 0 Å². The highest BCUT2D eigenvalue weighted by molar-refractivity contribution is 6.33. The van der Waals surface area contributed by atoms with E-state index in [1.54, 1.807) is 0 Å². The summed E-state index contributed by atoms with van der Waals surface area (Å²) in [6.45, 7) is 0. The van der Waals surface area contributed by atoms with Crippen LogP contribution in [0.1, 0.15) is 19.3 Å². The second-order valence-electron chi connectivity index (χ2n) is 3.62. The van der Waals surface area contributed by atoms with Crippen LogP contribution in [0, 0.1) is 10.1 Å². The number of rotatable bonds is 6. The third-order valence-electron chi connectivity index (χ3n) is 2.23. The molecule has 0 spiro atoms. The first-order valence-corrected chi connectivity index (χ1v) is 6.25. The predicted octanol–water partition coefficient (Wildman–Crippen LogP) is 3.60. The molecule has 1 rings (SSSR count). The van der Waals surface area contributed by atoms with Crippen LogP contribution in [-0.4, -0.2) is 16.7 Å². The molecular formula is C11H12Cl2N2O3. The predicted molar refractivity (Wildman–Crippen MR) is 71.3 cm³/mol. The van der Waals surface area contributed by atoms with E-state index in [0.717, 1.165) is 6.42 Å². The van der Waals surface area contributed by atoms with Gasteiger partial charge in [0, 0.05) is 24.4 Å². The number of hydrogen-bond donors (Lipinski definition) is 1. The van der Waals surface area contributed by atoms with Crippen molar-refractivity contribution in [3.05, 3.63) is 33.3 Å². The van der Waals surface area contributed by atoms with Gasteiger partial charge in [0.2, 0.25) is 5.91 Å². The first-order valence-electron chi connectivity index (χ1n) is 5.34. The summed E-state index contributed by atoms with van der Waals surface area (Å²) in [7, 11) is 0. The number of nitrogens with one attached hydrogen (secondary N) is 1. The molecule has 5 nitrogen and oxygen atoms in total. The van der Waals surface area contributed by atoms with Gasteiger partial charge in [0.05, 0.1) is 15.6 Å². The van der Waals surface area contributed by atoms with Crippen LogP contribution < -0.4 is 5.32 Å². The number of nitro benzene ring substituents is 1. The highest BCUT2D eigenvalue weighted by atomic mass is 35.5. The number of nitrogens with zero attached hydrogens (tertiary/aromatic N) is 1. The first-order chi connectivity index (χ1) is 8.54. The smallest absolute Gasteiger partial charge is 0.271 e. The second kappa shape index (κ2) is 7.18. The summed E-state index contributed by atoms with van der Waals surface area (Å²) in [5, 5.41) is 13.3. The summed E-state index contributed by atoms with van der Waals surface area (Å²) in [6.07, 6.45) is 1.81. The number of anilines is 1. The van der Waals surface area contributed by atoms with Gasteiger partial charge in [-0.1, -0.05) is 11.6 Å². The number of non-ortho nitro benzene ring substituents is 1. The van der Waals surface area contributed by atoms with E-state index in [-0.39, 0.29) is 16.6 Å². The van der Waals surface area contributed by atoms with Crippen molar-refractivity contribution in [3.8, 4) is 0 Å². The van der Waals surface area contributed by atoms with E-state index in [0.29, 0.717) is 24.4 Å². The number of alkyl halides is 1. The fourth-order valence-electron chi connectivity index (χ4n) is 1.31. The molecule has 0 saturated carbocycles. The molecule has 0 aliphatic carbocycles. The van der Waals surface area contributed by atoms with Crippen molar-refractivity contribution in [2.75, 3.05) is 11.2 Å². The molecule has 1 amide bonds. The summed E-state index contributed by atoms with van der Waals surface area (Å²) in [4.78, 5) is 21.5. The Morgan fingerprint density at radius 1 is 1.39 bits per heavy atom. The molecule has 0 bridgehead atoms. The van der Waals surface area contributed by atoms with Crippen molar-refractivity contribution in [1.29, 1.82) is 0 Å². The Morgan fingerprint density at radius 2 is 2.11 bits per heavy atom. The Balaban J connectivity index is 2.62. The summed E-state index contributed by atoms with van der Waals surface area (Å²) in [5.74, 6) is 0.335. The molecule has 0 saturated heterocycles. The van der Waals surface area contributed by atoms with E-state index >= 15 is 0 Å². The Kier molecular flexibility index (Phi) is 5.88. The fraction of sp³-hybridized carbons (Fsp3) is 0.364. The van der Waals surface area contributed by atoms with Crippen LogP contribution in [0.15, 0.2) is 18.2 Å². The number of halogens is 2. The number of hydrogen-bond acceptors (Lipinski definition) is 3. The third kappa shape index (κ3) is 4.50. The average molecular weight is 291 g/mol. The number of benzene rings is 1. The molecule has 7 heteroatoms. The fourth-order valence-corrected chi connectivity index (χ4v) is 1.72. The standard InChI is InChI=1S/C11H12Cl2N2O3/c12-6-2-1-3-11(16)14-10-5-4-8(15(17)18)7-9(10)13/h4-5,7H,1-3,6H2,(H,14,16). The lowest BCUT2D eigenvalue weighted by atomic mass is 10.2. The van der Waals surface area contributed by atoms with Gasteiger partial charge >= 0.3 is 0 Å². The Morgan fingerprint density at radius 3 is 2.67 bits per heavy atom. The van der Waals surface area contributed by atoms with Crippen molar-refractivity contribution >= 4 is 40.5 Å². The zero-order valence-corrected chi connectivity index (χ0v) is 11.0. The number of nitro groups is 1. The van der Waals surface area contributed by atoms with Gasteiger partial charge in [0.25, 0.3) is 5.69 Å². The highest BCUT2D eigenvalue weighted by Crippen LogP contribution is 2.26. The van der Waals surface area contributed by atoms with Crippen LogP contribution in [0.5, 0.6) is 0 Å². The molecule has 0 aliphatic rings. The van der Waals surface area contributed by atoms with Crippen LogP contribution in [-0.2, 0) is 4.79 Å². The summed E-state index contributed by atoms with van der Waals surface area (Å²) in [6, 6.07) is 3.91. The van der Waals surface area contributed by atoms with Crippen molar-refractivity contribution in [1.82, 2.24) is 0 Å². The number of carbonyl (C=O) groups excluding carboxylic acids is 1. The van der Waals surface area contributed by atoms with Gasteiger partial charge in [0.15, 0.2) is 0 Å². The zero-order chi connectivity index (χ0) is 13.5. The number of unbranched alkanes of at least 4 members (excludes halogenated alkanes) is 1. The first kappa shape index (κ1) is 14.7. The van der Waals surface area contributed by atoms with Crippen LogP contribution in [0.4, 0.5) is 11.4 Å². The summed E-state index contributed by atoms with van der Waals surface area (Å²) < 4.78 is 0. The molecule has 0 heterocycles. The lowest BCUT2D eigenvalue weighted by Crippen LogP contribution is -2.11. The maximum absolute atomic E-state index is 11.5. The van der Waals surface area contributed by atoms with E-state index in [1.807, 2.05) is 0 Å². The van der Waals surface area contributed by atoms with Crippen molar-refractivity contribution in [3.63, 3.8) is 0 Å². The maximum atomic E-state index is 11.5. The maximum Gasteiger partial charge on any atom is 0.271 e. The molecule has 0 radical (unpaired) electrons. The quantitative estimate of drug-likeness (QED) is 0.377. The molecule has 98 valence electrons. The van der Waals surface area contributed by atoms with Gasteiger partial charge < -0.3 is 5.32 Å². The molecule has 0 aromatic heterocycles. The monoisotopic (exact) mass is 290 g/mol. The van der Waals surface area contributed by atoms with E-state index in [9.17, 15) is 14.9 Å². The lowest BCUT2D eigenvalue weighted by Gasteiger charge is -2.06. The van der Waals surface area contributed by atoms with E-state index < -0.39 is 4.92 Å². The van der Waals surface area contributed by atoms with Crippen LogP contribution in [0.25, 0.3) is 0 Å². The molecule has 0 atom stereocenters. The molecule has 0 unspecified atom stereocenters. The Bertz CT molecular complexity index is 452. The SMILES string of the molecule is O=C(CCCCCl)Nc1ccc([N+](=O)[O-])cc1Cl. The number of amides is 1. The topological polar surface area (TPSA) is 72.2 Å². The molecular weight excluding hydrogens is 279 g/mol. The Hall–Kier alpha value is -1.33. The minimum absolute atomic E-state index is 0.111. The summed E-state index contributed by atoms with van der Waals surface area (Å²) in [5.41, 5.74) is 0.262. The van der Waals surface area contributed by atoms with Gasteiger partial charge in [-0.25, -0.2) is 0 Å². The van der Waals surface area contributed by atoms with Gasteiger partial charge in [-0.05, 0) is 18.9 Å². The molecule has 18 heavy (non-hydrogen) atoms. The third-order valence-corrected chi connectivity index (χ3v) is 2.81. The minimum Gasteiger partial charge on any atom is -0.325 e. The van der Waals surface area contributed by atoms with Crippen LogP contribution in [0.3, 0.4) is 0 Å². The van der Waals surface area contributed by atoms with Gasteiger partial charge in [-0.15, -0.1) is 11.6 Å². The molecule has 0 fully saturated rings. The largest absolute Gasteiger partial charge is 0.325 e. The van der Waals surface area contributed by atoms with Gasteiger partial charge in [0.1, 0.15) is 0 Å². The van der Waals surface area contributed by atoms with Crippen molar-refractivity contribution in [2.24, 2.45) is 0 Å². The molecule has 1 N–H and O–H groups in total. The molecule has 1 aromatic carbocycles. The number of carbonyl (C=O) groups is 1. The van der Waals surface area contributed by atoms with Gasteiger partial charge in [-0.3, -0.25) is 14.9 Å². The minimum atomic E-state index is -0.544.